The van der Waals surface area contributed by atoms with E-state index in [0.29, 0.717) is 29.5 Å². The van der Waals surface area contributed by atoms with Gasteiger partial charge in [-0.05, 0) is 49.0 Å². The molecule has 2 aromatic carbocycles. The molecule has 0 spiro atoms. The van der Waals surface area contributed by atoms with E-state index < -0.39 is 15.9 Å². The van der Waals surface area contributed by atoms with Crippen LogP contribution in [0, 0.1) is 6.92 Å². The first-order chi connectivity index (χ1) is 13.8. The minimum atomic E-state index is -3.72. The van der Waals surface area contributed by atoms with Crippen LogP contribution in [0.5, 0.6) is 0 Å². The quantitative estimate of drug-likeness (QED) is 0.692. The summed E-state index contributed by atoms with van der Waals surface area (Å²) in [4.78, 5) is 12.7. The van der Waals surface area contributed by atoms with E-state index in [-0.39, 0.29) is 28.7 Å². The largest absolute Gasteiger partial charge is 0.379 e. The molecule has 3 rings (SSSR count). The number of para-hydroxylation sites is 1. The van der Waals surface area contributed by atoms with Crippen LogP contribution in [-0.2, 0) is 14.8 Å². The molecule has 1 saturated heterocycles. The third kappa shape index (κ3) is 5.12. The van der Waals surface area contributed by atoms with Gasteiger partial charge in [0.15, 0.2) is 5.11 Å². The number of amides is 1. The Kier molecular flexibility index (Phi) is 6.86. The average molecular weight is 454 g/mol. The van der Waals surface area contributed by atoms with Crippen LogP contribution in [0.2, 0.25) is 5.02 Å². The summed E-state index contributed by atoms with van der Waals surface area (Å²) in [5.74, 6) is -0.520. The van der Waals surface area contributed by atoms with Crippen molar-refractivity contribution in [3.05, 3.63) is 58.6 Å². The number of anilines is 1. The number of aryl methyl sites for hydroxylation is 1. The second kappa shape index (κ2) is 9.19. The number of hydrogen-bond acceptors (Lipinski definition) is 5. The second-order valence-corrected chi connectivity index (χ2v) is 9.11. The van der Waals surface area contributed by atoms with Gasteiger partial charge in [-0.1, -0.05) is 29.8 Å². The van der Waals surface area contributed by atoms with Crippen molar-refractivity contribution in [3.63, 3.8) is 0 Å². The average Bonchev–Trinajstić information content (AvgIpc) is 2.70. The molecule has 10 heteroatoms. The Bertz CT molecular complexity index is 1040. The number of thiocarbonyl (C=S) groups is 1. The molecule has 0 radical (unpaired) electrons. The molecule has 0 atom stereocenters. The number of halogens is 1. The molecule has 2 aromatic rings. The van der Waals surface area contributed by atoms with Gasteiger partial charge in [-0.15, -0.1) is 0 Å². The Hall–Kier alpha value is -2.04. The number of nitrogens with one attached hydrogen (secondary N) is 2. The Morgan fingerprint density at radius 3 is 2.55 bits per heavy atom. The fourth-order valence-corrected chi connectivity index (χ4v) is 4.88. The number of rotatable bonds is 4. The van der Waals surface area contributed by atoms with Crippen molar-refractivity contribution in [3.8, 4) is 0 Å². The zero-order valence-corrected chi connectivity index (χ0v) is 18.0. The number of nitrogens with zero attached hydrogens (tertiary/aromatic N) is 1. The van der Waals surface area contributed by atoms with E-state index >= 15 is 0 Å². The molecule has 1 fully saturated rings. The van der Waals surface area contributed by atoms with E-state index in [0.717, 1.165) is 0 Å². The Morgan fingerprint density at radius 2 is 1.86 bits per heavy atom. The molecule has 0 saturated carbocycles. The van der Waals surface area contributed by atoms with Crippen molar-refractivity contribution in [1.29, 1.82) is 0 Å². The fourth-order valence-electron chi connectivity index (χ4n) is 2.84. The van der Waals surface area contributed by atoms with Gasteiger partial charge in [-0.2, -0.15) is 4.31 Å². The molecule has 1 aliphatic rings. The van der Waals surface area contributed by atoms with E-state index in [1.165, 1.54) is 10.4 Å². The SMILES string of the molecule is Cc1ccc(C(=O)NC(=S)Nc2ccccc2Cl)cc1S(=O)(=O)N1CCOCC1. The van der Waals surface area contributed by atoms with Gasteiger partial charge in [0.1, 0.15) is 0 Å². The molecule has 0 aliphatic carbocycles. The lowest BCUT2D eigenvalue weighted by molar-refractivity contribution is 0.0730. The van der Waals surface area contributed by atoms with Crippen molar-refractivity contribution < 1.29 is 17.9 Å². The van der Waals surface area contributed by atoms with Crippen molar-refractivity contribution in [2.75, 3.05) is 31.6 Å². The van der Waals surface area contributed by atoms with E-state index in [9.17, 15) is 13.2 Å². The highest BCUT2D eigenvalue weighted by molar-refractivity contribution is 7.89. The molecule has 1 heterocycles. The topological polar surface area (TPSA) is 87.7 Å². The molecular formula is C19H20ClN3O4S2. The lowest BCUT2D eigenvalue weighted by Gasteiger charge is -2.26. The standard InChI is InChI=1S/C19H20ClN3O4S2/c1-13-6-7-14(12-17(13)29(25,26)23-8-10-27-11-9-23)18(24)22-19(28)21-16-5-3-2-4-15(16)20/h2-7,12H,8-11H2,1H3,(H2,21,22,24,28). The molecule has 2 N–H and O–H groups in total. The van der Waals surface area contributed by atoms with Gasteiger partial charge < -0.3 is 10.1 Å². The highest BCUT2D eigenvalue weighted by Crippen LogP contribution is 2.23. The first-order valence-corrected chi connectivity index (χ1v) is 11.1. The first-order valence-electron chi connectivity index (χ1n) is 8.84. The first kappa shape index (κ1) is 21.7. The number of morpholine rings is 1. The third-order valence-corrected chi connectivity index (χ3v) is 6.96. The van der Waals surface area contributed by atoms with Gasteiger partial charge in [0.2, 0.25) is 10.0 Å². The monoisotopic (exact) mass is 453 g/mol. The van der Waals surface area contributed by atoms with Crippen molar-refractivity contribution >= 4 is 50.5 Å². The number of hydrogen-bond donors (Lipinski definition) is 2. The zero-order valence-electron chi connectivity index (χ0n) is 15.6. The maximum absolute atomic E-state index is 13.0. The number of carbonyl (C=O) groups is 1. The van der Waals surface area contributed by atoms with E-state index in [1.807, 2.05) is 0 Å². The Balaban J connectivity index is 1.77. The maximum atomic E-state index is 13.0. The minimum absolute atomic E-state index is 0.0567. The summed E-state index contributed by atoms with van der Waals surface area (Å²) in [6.45, 7) is 2.95. The maximum Gasteiger partial charge on any atom is 0.257 e. The van der Waals surface area contributed by atoms with Crippen molar-refractivity contribution in [2.45, 2.75) is 11.8 Å². The van der Waals surface area contributed by atoms with Crippen LogP contribution in [0.4, 0.5) is 5.69 Å². The summed E-state index contributed by atoms with van der Waals surface area (Å²) in [7, 11) is -3.72. The fraction of sp³-hybridized carbons (Fsp3) is 0.263. The predicted molar refractivity (Wildman–Crippen MR) is 116 cm³/mol. The highest BCUT2D eigenvalue weighted by Gasteiger charge is 2.28. The smallest absolute Gasteiger partial charge is 0.257 e. The lowest BCUT2D eigenvalue weighted by Crippen LogP contribution is -2.41. The normalized spacial score (nSPS) is 15.0. The van der Waals surface area contributed by atoms with E-state index in [4.69, 9.17) is 28.6 Å². The zero-order chi connectivity index (χ0) is 21.0. The summed E-state index contributed by atoms with van der Waals surface area (Å²) in [5.41, 5.74) is 1.30. The van der Waals surface area contributed by atoms with Crippen LogP contribution in [0.1, 0.15) is 15.9 Å². The van der Waals surface area contributed by atoms with E-state index in [1.54, 1.807) is 43.3 Å². The van der Waals surface area contributed by atoms with Crippen LogP contribution in [0.3, 0.4) is 0 Å². The Labute approximate surface area is 180 Å². The van der Waals surface area contributed by atoms with Crippen molar-refractivity contribution in [1.82, 2.24) is 9.62 Å². The number of benzene rings is 2. The molecule has 1 aliphatic heterocycles. The molecule has 1 amide bonds. The molecule has 0 unspecified atom stereocenters. The molecule has 0 bridgehead atoms. The second-order valence-electron chi connectivity index (χ2n) is 6.38. The van der Waals surface area contributed by atoms with Crippen molar-refractivity contribution in [2.24, 2.45) is 0 Å². The molecule has 29 heavy (non-hydrogen) atoms. The summed E-state index contributed by atoms with van der Waals surface area (Å²) < 4.78 is 32.5. The van der Waals surface area contributed by atoms with Gasteiger partial charge in [0.05, 0.1) is 28.8 Å². The van der Waals surface area contributed by atoms with E-state index in [2.05, 4.69) is 10.6 Å². The van der Waals surface area contributed by atoms with Gasteiger partial charge >= 0.3 is 0 Å². The van der Waals surface area contributed by atoms with Crippen LogP contribution in [0.15, 0.2) is 47.4 Å². The molecule has 7 nitrogen and oxygen atoms in total. The van der Waals surface area contributed by atoms with Crippen LogP contribution >= 0.6 is 23.8 Å². The van der Waals surface area contributed by atoms with Crippen LogP contribution in [-0.4, -0.2) is 50.0 Å². The lowest BCUT2D eigenvalue weighted by atomic mass is 10.1. The van der Waals surface area contributed by atoms with Gasteiger partial charge in [-0.25, -0.2) is 8.42 Å². The minimum Gasteiger partial charge on any atom is -0.379 e. The Morgan fingerprint density at radius 1 is 1.17 bits per heavy atom. The summed E-state index contributed by atoms with van der Waals surface area (Å²) in [6, 6.07) is 11.5. The van der Waals surface area contributed by atoms with Gasteiger partial charge in [-0.3, -0.25) is 10.1 Å². The van der Waals surface area contributed by atoms with Gasteiger partial charge in [0, 0.05) is 18.7 Å². The summed E-state index contributed by atoms with van der Waals surface area (Å²) in [6.07, 6.45) is 0. The van der Waals surface area contributed by atoms with Crippen LogP contribution < -0.4 is 10.6 Å². The number of ether oxygens (including phenoxy) is 1. The molecule has 154 valence electrons. The number of sulfonamides is 1. The van der Waals surface area contributed by atoms with Gasteiger partial charge in [0.25, 0.3) is 5.91 Å². The highest BCUT2D eigenvalue weighted by atomic mass is 35.5. The third-order valence-electron chi connectivity index (χ3n) is 4.39. The summed E-state index contributed by atoms with van der Waals surface area (Å²) in [5, 5.41) is 5.90. The number of carbonyl (C=O) groups excluding carboxylic acids is 1. The van der Waals surface area contributed by atoms with Crippen LogP contribution in [0.25, 0.3) is 0 Å². The molecule has 0 aromatic heterocycles. The molecular weight excluding hydrogens is 434 g/mol. The summed E-state index contributed by atoms with van der Waals surface area (Å²) >= 11 is 11.2. The predicted octanol–water partition coefficient (Wildman–Crippen LogP) is 2.80.